The minimum Gasteiger partial charge on any atom is -0.478 e. The summed E-state index contributed by atoms with van der Waals surface area (Å²) >= 11 is 0. The Morgan fingerprint density at radius 2 is 2.39 bits per heavy atom. The monoisotopic (exact) mass is 317 g/mol. The van der Waals surface area contributed by atoms with E-state index in [1.54, 1.807) is 16.9 Å². The van der Waals surface area contributed by atoms with Gasteiger partial charge in [-0.3, -0.25) is 9.48 Å². The minimum absolute atomic E-state index is 0.121. The van der Waals surface area contributed by atoms with Crippen molar-refractivity contribution in [1.82, 2.24) is 20.0 Å². The van der Waals surface area contributed by atoms with E-state index < -0.39 is 0 Å². The van der Waals surface area contributed by atoms with Gasteiger partial charge in [0.25, 0.3) is 5.88 Å². The molecule has 8 nitrogen and oxygen atoms in total. The lowest BCUT2D eigenvalue weighted by Gasteiger charge is -2.30. The van der Waals surface area contributed by atoms with Crippen molar-refractivity contribution in [2.75, 3.05) is 19.0 Å². The average Bonchev–Trinajstić information content (AvgIpc) is 3.01. The number of amides is 1. The number of carbonyl (C=O) groups excluding carboxylic acids is 1. The van der Waals surface area contributed by atoms with Crippen LogP contribution in [-0.4, -0.2) is 39.6 Å². The first-order chi connectivity index (χ1) is 11.2. The van der Waals surface area contributed by atoms with Gasteiger partial charge < -0.3 is 14.8 Å². The molecule has 1 N–H and O–H groups in total. The molecule has 3 rings (SSSR count). The van der Waals surface area contributed by atoms with Crippen molar-refractivity contribution in [2.45, 2.75) is 18.9 Å². The second-order valence-corrected chi connectivity index (χ2v) is 5.43. The van der Waals surface area contributed by atoms with Crippen LogP contribution in [0, 0.1) is 5.92 Å². The van der Waals surface area contributed by atoms with Gasteiger partial charge in [-0.2, -0.15) is 10.2 Å². The molecular weight excluding hydrogens is 298 g/mol. The van der Waals surface area contributed by atoms with Gasteiger partial charge in [-0.1, -0.05) is 0 Å². The number of aromatic nitrogens is 4. The molecule has 2 atom stereocenters. The Bertz CT molecular complexity index is 687. The van der Waals surface area contributed by atoms with Gasteiger partial charge in [0.05, 0.1) is 31.5 Å². The summed E-state index contributed by atoms with van der Waals surface area (Å²) in [5.74, 6) is -0.119. The van der Waals surface area contributed by atoms with Crippen molar-refractivity contribution in [3.8, 4) is 5.88 Å². The Labute approximate surface area is 133 Å². The van der Waals surface area contributed by atoms with Crippen LogP contribution in [0.25, 0.3) is 0 Å². The summed E-state index contributed by atoms with van der Waals surface area (Å²) in [4.78, 5) is 12.7. The Kier molecular flexibility index (Phi) is 4.52. The van der Waals surface area contributed by atoms with E-state index >= 15 is 0 Å². The summed E-state index contributed by atoms with van der Waals surface area (Å²) in [5.41, 5.74) is 1.41. The highest BCUT2D eigenvalue weighted by atomic mass is 16.5. The van der Waals surface area contributed by atoms with Gasteiger partial charge in [0.2, 0.25) is 5.91 Å². The molecule has 0 saturated carbocycles. The maximum absolute atomic E-state index is 12.7. The first-order valence-corrected chi connectivity index (χ1v) is 7.45. The zero-order valence-corrected chi connectivity index (χ0v) is 13.1. The highest BCUT2D eigenvalue weighted by Crippen LogP contribution is 2.34. The topological polar surface area (TPSA) is 91.2 Å². The van der Waals surface area contributed by atoms with Gasteiger partial charge in [-0.15, -0.1) is 5.10 Å². The molecule has 2 aromatic rings. The summed E-state index contributed by atoms with van der Waals surface area (Å²) in [5, 5.41) is 14.6. The lowest BCUT2D eigenvalue weighted by atomic mass is 9.90. The lowest BCUT2D eigenvalue weighted by molar-refractivity contribution is -0.129. The fraction of sp³-hybridized carbons (Fsp3) is 0.467. The van der Waals surface area contributed by atoms with E-state index in [4.69, 9.17) is 9.47 Å². The number of methoxy groups -OCH3 is 1. The van der Waals surface area contributed by atoms with Gasteiger partial charge in [-0.05, 0) is 18.9 Å². The number of aryl methyl sites for hydroxylation is 1. The van der Waals surface area contributed by atoms with Crippen LogP contribution in [0.2, 0.25) is 0 Å². The number of rotatable bonds is 4. The lowest BCUT2D eigenvalue weighted by Crippen LogP contribution is -2.33. The van der Waals surface area contributed by atoms with Crippen molar-refractivity contribution < 1.29 is 14.3 Å². The molecule has 1 aliphatic rings. The average molecular weight is 317 g/mol. The van der Waals surface area contributed by atoms with E-state index in [2.05, 4.69) is 20.6 Å². The van der Waals surface area contributed by atoms with E-state index in [1.165, 1.54) is 13.3 Å². The van der Waals surface area contributed by atoms with Crippen molar-refractivity contribution in [2.24, 2.45) is 13.0 Å². The Balaban J connectivity index is 1.79. The van der Waals surface area contributed by atoms with Crippen LogP contribution in [0.4, 0.5) is 5.69 Å². The molecule has 122 valence electrons. The van der Waals surface area contributed by atoms with Crippen LogP contribution in [0.15, 0.2) is 24.7 Å². The Morgan fingerprint density at radius 3 is 3.13 bits per heavy atom. The molecule has 0 unspecified atom stereocenters. The van der Waals surface area contributed by atoms with Gasteiger partial charge in [0.15, 0.2) is 0 Å². The van der Waals surface area contributed by atoms with E-state index in [0.717, 1.165) is 18.4 Å². The normalized spacial score (nSPS) is 21.0. The first-order valence-electron chi connectivity index (χ1n) is 7.45. The SMILES string of the molecule is COc1nnccc1NC(=O)[C@@H]1CCCO[C@H]1c1cnn(C)c1. The molecule has 3 heterocycles. The standard InChI is InChI=1S/C15H19N5O3/c1-20-9-10(8-17-20)13-11(4-3-7-23-13)14(21)18-12-5-6-16-19-15(12)22-2/h5-6,8-9,11,13H,3-4,7H2,1-2H3,(H,16,18,21)/t11-,13+/m1/s1. The van der Waals surface area contributed by atoms with Gasteiger partial charge >= 0.3 is 0 Å². The fourth-order valence-electron chi connectivity index (χ4n) is 2.76. The molecule has 0 aromatic carbocycles. The van der Waals surface area contributed by atoms with Crippen LogP contribution in [0.3, 0.4) is 0 Å². The van der Waals surface area contributed by atoms with Crippen molar-refractivity contribution >= 4 is 11.6 Å². The predicted molar refractivity (Wildman–Crippen MR) is 81.8 cm³/mol. The molecule has 1 fully saturated rings. The fourth-order valence-corrected chi connectivity index (χ4v) is 2.76. The van der Waals surface area contributed by atoms with Crippen LogP contribution in [0.1, 0.15) is 24.5 Å². The van der Waals surface area contributed by atoms with Crippen molar-refractivity contribution in [3.63, 3.8) is 0 Å². The largest absolute Gasteiger partial charge is 0.478 e. The molecule has 1 saturated heterocycles. The van der Waals surface area contributed by atoms with Crippen molar-refractivity contribution in [1.29, 1.82) is 0 Å². The number of carbonyl (C=O) groups is 1. The van der Waals surface area contributed by atoms with E-state index in [9.17, 15) is 4.79 Å². The van der Waals surface area contributed by atoms with Crippen LogP contribution in [-0.2, 0) is 16.6 Å². The predicted octanol–water partition coefficient (Wildman–Crippen LogP) is 1.33. The molecule has 0 aliphatic carbocycles. The maximum Gasteiger partial charge on any atom is 0.257 e. The maximum atomic E-state index is 12.7. The molecule has 1 amide bonds. The zero-order chi connectivity index (χ0) is 16.2. The first kappa shape index (κ1) is 15.4. The molecule has 8 heteroatoms. The summed E-state index contributed by atoms with van der Waals surface area (Å²) in [6.45, 7) is 0.642. The highest BCUT2D eigenvalue weighted by molar-refractivity contribution is 5.94. The van der Waals surface area contributed by atoms with Crippen LogP contribution in [0.5, 0.6) is 5.88 Å². The third-order valence-corrected chi connectivity index (χ3v) is 3.85. The van der Waals surface area contributed by atoms with E-state index in [-0.39, 0.29) is 23.8 Å². The molecule has 2 aromatic heterocycles. The number of nitrogens with one attached hydrogen (secondary N) is 1. The second kappa shape index (κ2) is 6.74. The zero-order valence-electron chi connectivity index (χ0n) is 13.1. The van der Waals surface area contributed by atoms with Gasteiger partial charge in [0.1, 0.15) is 5.69 Å². The van der Waals surface area contributed by atoms with Gasteiger partial charge in [0, 0.05) is 25.4 Å². The Morgan fingerprint density at radius 1 is 1.52 bits per heavy atom. The summed E-state index contributed by atoms with van der Waals surface area (Å²) in [7, 11) is 3.33. The molecule has 0 spiro atoms. The summed E-state index contributed by atoms with van der Waals surface area (Å²) in [6, 6.07) is 1.66. The molecule has 0 bridgehead atoms. The second-order valence-electron chi connectivity index (χ2n) is 5.43. The van der Waals surface area contributed by atoms with Crippen molar-refractivity contribution in [3.05, 3.63) is 30.2 Å². The molecule has 0 radical (unpaired) electrons. The Hall–Kier alpha value is -2.48. The van der Waals surface area contributed by atoms with E-state index in [0.29, 0.717) is 12.3 Å². The third-order valence-electron chi connectivity index (χ3n) is 3.85. The van der Waals surface area contributed by atoms with Crippen LogP contribution >= 0.6 is 0 Å². The van der Waals surface area contributed by atoms with Crippen LogP contribution < -0.4 is 10.1 Å². The smallest absolute Gasteiger partial charge is 0.257 e. The summed E-state index contributed by atoms with van der Waals surface area (Å²) < 4.78 is 12.7. The molecule has 23 heavy (non-hydrogen) atoms. The minimum atomic E-state index is -0.293. The molecular formula is C15H19N5O3. The third kappa shape index (κ3) is 3.31. The number of anilines is 1. The highest BCUT2D eigenvalue weighted by Gasteiger charge is 2.34. The number of hydrogen-bond acceptors (Lipinski definition) is 6. The number of nitrogens with zero attached hydrogens (tertiary/aromatic N) is 4. The van der Waals surface area contributed by atoms with E-state index in [1.807, 2.05) is 13.2 Å². The quantitative estimate of drug-likeness (QED) is 0.914. The number of hydrogen-bond donors (Lipinski definition) is 1. The number of ether oxygens (including phenoxy) is 2. The van der Waals surface area contributed by atoms with Gasteiger partial charge in [-0.25, -0.2) is 0 Å². The summed E-state index contributed by atoms with van der Waals surface area (Å²) in [6.07, 6.45) is 6.44. The molecule has 1 aliphatic heterocycles.